The van der Waals surface area contributed by atoms with E-state index >= 15 is 0 Å². The first-order valence-electron chi connectivity index (χ1n) is 10.8. The molecular formula is C23H24ClN7O4S. The van der Waals surface area contributed by atoms with Crippen LogP contribution in [0.2, 0.25) is 5.15 Å². The summed E-state index contributed by atoms with van der Waals surface area (Å²) >= 11 is 5.82. The number of anilines is 1. The number of hydrogen-bond acceptors (Lipinski definition) is 9. The minimum absolute atomic E-state index is 0.0436. The first kappa shape index (κ1) is 25.3. The van der Waals surface area contributed by atoms with Crippen LogP contribution in [0, 0.1) is 0 Å². The van der Waals surface area contributed by atoms with Crippen LogP contribution in [0.1, 0.15) is 25.5 Å². The zero-order valence-electron chi connectivity index (χ0n) is 20.0. The standard InChI is InChI=1S/C23H24ClN7O4S/c1-14(17-12-27-20(24)13-26-17)15(2)36(32,33)30-23-29-28-22(16-7-6-10-25-11-16)31(23)21-18(34-3)8-5-9-19(21)35-4/h5-15H,1-4H3,(H,29,30)/t14-,15-/m0/s1. The number of para-hydroxylation sites is 1. The molecule has 11 nitrogen and oxygen atoms in total. The molecule has 0 fully saturated rings. The maximum Gasteiger partial charge on any atom is 0.243 e. The van der Waals surface area contributed by atoms with E-state index in [9.17, 15) is 8.42 Å². The molecule has 0 radical (unpaired) electrons. The zero-order chi connectivity index (χ0) is 25.9. The third-order valence-corrected chi connectivity index (χ3v) is 7.79. The Labute approximate surface area is 213 Å². The number of benzene rings is 1. The maximum absolute atomic E-state index is 13.5. The normalized spacial score (nSPS) is 13.1. The van der Waals surface area contributed by atoms with Crippen LogP contribution in [0.3, 0.4) is 0 Å². The molecule has 1 aromatic carbocycles. The van der Waals surface area contributed by atoms with E-state index in [0.29, 0.717) is 34.3 Å². The van der Waals surface area contributed by atoms with E-state index in [1.54, 1.807) is 56.6 Å². The summed E-state index contributed by atoms with van der Waals surface area (Å²) in [5.41, 5.74) is 1.52. The highest BCUT2D eigenvalue weighted by atomic mass is 35.5. The lowest BCUT2D eigenvalue weighted by Crippen LogP contribution is -2.31. The van der Waals surface area contributed by atoms with Crippen molar-refractivity contribution in [2.45, 2.75) is 25.0 Å². The van der Waals surface area contributed by atoms with Crippen LogP contribution in [0.15, 0.2) is 55.1 Å². The van der Waals surface area contributed by atoms with Crippen LogP contribution in [0.5, 0.6) is 11.5 Å². The van der Waals surface area contributed by atoms with E-state index < -0.39 is 21.2 Å². The van der Waals surface area contributed by atoms with Gasteiger partial charge in [-0.3, -0.25) is 19.3 Å². The monoisotopic (exact) mass is 529 g/mol. The molecule has 36 heavy (non-hydrogen) atoms. The van der Waals surface area contributed by atoms with Gasteiger partial charge in [0.05, 0.1) is 37.6 Å². The van der Waals surface area contributed by atoms with Gasteiger partial charge in [-0.15, -0.1) is 10.2 Å². The second-order valence-corrected chi connectivity index (χ2v) is 10.3. The van der Waals surface area contributed by atoms with Gasteiger partial charge in [-0.05, 0) is 31.2 Å². The predicted molar refractivity (Wildman–Crippen MR) is 135 cm³/mol. The van der Waals surface area contributed by atoms with Crippen molar-refractivity contribution in [1.82, 2.24) is 29.7 Å². The Kier molecular flexibility index (Phi) is 7.36. The number of pyridine rings is 1. The van der Waals surface area contributed by atoms with Gasteiger partial charge >= 0.3 is 0 Å². The second kappa shape index (κ2) is 10.5. The van der Waals surface area contributed by atoms with Gasteiger partial charge in [0, 0.05) is 23.9 Å². The smallest absolute Gasteiger partial charge is 0.243 e. The molecule has 4 aromatic rings. The van der Waals surface area contributed by atoms with E-state index in [4.69, 9.17) is 21.1 Å². The molecule has 1 N–H and O–H groups in total. The molecule has 3 heterocycles. The average Bonchev–Trinajstić information content (AvgIpc) is 3.30. The van der Waals surface area contributed by atoms with Crippen LogP contribution < -0.4 is 14.2 Å². The number of halogens is 1. The van der Waals surface area contributed by atoms with Crippen molar-refractivity contribution in [2.24, 2.45) is 0 Å². The fourth-order valence-electron chi connectivity index (χ4n) is 3.58. The molecule has 188 valence electrons. The molecule has 0 bridgehead atoms. The third kappa shape index (κ3) is 4.95. The summed E-state index contributed by atoms with van der Waals surface area (Å²) in [7, 11) is -0.967. The van der Waals surface area contributed by atoms with Crippen LogP contribution in [0.25, 0.3) is 17.1 Å². The number of nitrogens with zero attached hydrogens (tertiary/aromatic N) is 6. The summed E-state index contributed by atoms with van der Waals surface area (Å²) in [6.07, 6.45) is 6.07. The van der Waals surface area contributed by atoms with E-state index in [1.807, 2.05) is 0 Å². The molecule has 4 rings (SSSR count). The molecule has 0 aliphatic heterocycles. The number of nitrogens with one attached hydrogen (secondary N) is 1. The second-order valence-electron chi connectivity index (χ2n) is 7.84. The highest BCUT2D eigenvalue weighted by Crippen LogP contribution is 2.38. The van der Waals surface area contributed by atoms with E-state index in [-0.39, 0.29) is 11.1 Å². The van der Waals surface area contributed by atoms with Crippen molar-refractivity contribution in [3.63, 3.8) is 0 Å². The fraction of sp³-hybridized carbons (Fsp3) is 0.261. The van der Waals surface area contributed by atoms with Crippen LogP contribution in [-0.2, 0) is 10.0 Å². The van der Waals surface area contributed by atoms with Crippen molar-refractivity contribution >= 4 is 27.6 Å². The van der Waals surface area contributed by atoms with E-state index in [2.05, 4.69) is 29.9 Å². The Balaban J connectivity index is 1.81. The van der Waals surface area contributed by atoms with Gasteiger partial charge in [0.15, 0.2) is 5.82 Å². The Hall–Kier alpha value is -3.77. The largest absolute Gasteiger partial charge is 0.494 e. The van der Waals surface area contributed by atoms with Crippen LogP contribution in [0.4, 0.5) is 5.95 Å². The SMILES string of the molecule is COc1cccc(OC)c1-n1c(NS(=O)(=O)[C@@H](C)[C@H](C)c2cnc(Cl)cn2)nnc1-c1cccnc1. The average molecular weight is 530 g/mol. The van der Waals surface area contributed by atoms with Gasteiger partial charge in [-0.2, -0.15) is 0 Å². The number of hydrogen-bond donors (Lipinski definition) is 1. The number of sulfonamides is 1. The topological polar surface area (TPSA) is 134 Å². The minimum atomic E-state index is -3.98. The molecule has 0 saturated carbocycles. The number of ether oxygens (including phenoxy) is 2. The van der Waals surface area contributed by atoms with Crippen molar-refractivity contribution in [3.8, 4) is 28.6 Å². The van der Waals surface area contributed by atoms with Crippen molar-refractivity contribution in [1.29, 1.82) is 0 Å². The zero-order valence-corrected chi connectivity index (χ0v) is 21.5. The molecule has 0 saturated heterocycles. The Morgan fingerprint density at radius 1 is 0.972 bits per heavy atom. The summed E-state index contributed by atoms with van der Waals surface area (Å²) in [6, 6.07) is 8.75. The highest BCUT2D eigenvalue weighted by molar-refractivity contribution is 7.93. The molecule has 0 aliphatic rings. The highest BCUT2D eigenvalue weighted by Gasteiger charge is 2.32. The van der Waals surface area contributed by atoms with Gasteiger partial charge in [-0.25, -0.2) is 13.4 Å². The molecule has 0 aliphatic carbocycles. The van der Waals surface area contributed by atoms with Crippen molar-refractivity contribution < 1.29 is 17.9 Å². The van der Waals surface area contributed by atoms with E-state index in [0.717, 1.165) is 0 Å². The van der Waals surface area contributed by atoms with Crippen molar-refractivity contribution in [2.75, 3.05) is 18.9 Å². The summed E-state index contributed by atoms with van der Waals surface area (Å²) in [4.78, 5) is 12.4. The third-order valence-electron chi connectivity index (χ3n) is 5.74. The summed E-state index contributed by atoms with van der Waals surface area (Å²) in [5.74, 6) is 0.656. The first-order valence-corrected chi connectivity index (χ1v) is 12.8. The lowest BCUT2D eigenvalue weighted by Gasteiger charge is -2.21. The van der Waals surface area contributed by atoms with Gasteiger partial charge in [-0.1, -0.05) is 24.6 Å². The lowest BCUT2D eigenvalue weighted by molar-refractivity contribution is 0.391. The van der Waals surface area contributed by atoms with Crippen LogP contribution >= 0.6 is 11.6 Å². The number of aromatic nitrogens is 6. The number of rotatable bonds is 9. The van der Waals surface area contributed by atoms with Crippen LogP contribution in [-0.4, -0.2) is 57.6 Å². The van der Waals surface area contributed by atoms with Crippen molar-refractivity contribution in [3.05, 3.63) is 66.0 Å². The number of methoxy groups -OCH3 is 2. The summed E-state index contributed by atoms with van der Waals surface area (Å²) in [6.45, 7) is 3.33. The molecule has 3 aromatic heterocycles. The lowest BCUT2D eigenvalue weighted by atomic mass is 10.1. The first-order chi connectivity index (χ1) is 17.3. The van der Waals surface area contributed by atoms with Gasteiger partial charge < -0.3 is 9.47 Å². The predicted octanol–water partition coefficient (Wildman–Crippen LogP) is 3.72. The Morgan fingerprint density at radius 3 is 2.28 bits per heavy atom. The molecule has 13 heteroatoms. The fourth-order valence-corrected chi connectivity index (χ4v) is 4.93. The van der Waals surface area contributed by atoms with Gasteiger partial charge in [0.1, 0.15) is 22.3 Å². The summed E-state index contributed by atoms with van der Waals surface area (Å²) < 4.78 is 42.2. The molecule has 0 unspecified atom stereocenters. The molecule has 2 atom stereocenters. The maximum atomic E-state index is 13.5. The van der Waals surface area contributed by atoms with Gasteiger partial charge in [0.25, 0.3) is 0 Å². The van der Waals surface area contributed by atoms with E-state index in [1.165, 1.54) is 31.2 Å². The Morgan fingerprint density at radius 2 is 1.69 bits per heavy atom. The van der Waals surface area contributed by atoms with Gasteiger partial charge in [0.2, 0.25) is 16.0 Å². The quantitative estimate of drug-likeness (QED) is 0.344. The molecular weight excluding hydrogens is 506 g/mol. The minimum Gasteiger partial charge on any atom is -0.494 e. The summed E-state index contributed by atoms with van der Waals surface area (Å²) in [5, 5.41) is 7.76. The molecule has 0 spiro atoms. The molecule has 0 amide bonds. The Bertz CT molecular complexity index is 1430.